The summed E-state index contributed by atoms with van der Waals surface area (Å²) in [6.45, 7) is 0.566. The van der Waals surface area contributed by atoms with Crippen molar-refractivity contribution in [1.82, 2.24) is 15.5 Å². The average molecular weight is 242 g/mol. The molecule has 5 nitrogen and oxygen atoms in total. The Labute approximate surface area is 97.2 Å². The Balaban J connectivity index is 1.93. The monoisotopic (exact) mass is 241 g/mol. The number of hydrogen-bond donors (Lipinski definition) is 2. The third-order valence-corrected chi connectivity index (χ3v) is 3.34. The molecule has 2 N–H and O–H groups in total. The van der Waals surface area contributed by atoms with E-state index in [0.717, 1.165) is 12.8 Å². The predicted octanol–water partition coefficient (Wildman–Crippen LogP) is 0.519. The minimum atomic E-state index is -0.323. The fraction of sp³-hybridized carbons (Fsp3) is 0.500. The highest BCUT2D eigenvalue weighted by atomic mass is 35.5. The summed E-state index contributed by atoms with van der Waals surface area (Å²) < 4.78 is 0. The summed E-state index contributed by atoms with van der Waals surface area (Å²) in [4.78, 5) is 22.4. The number of carbonyl (C=O) groups excluding carboxylic acids is 1. The SMILES string of the molecule is O=C(NCC1(CCl)CC1)c1ccc(=O)[nH]n1. The fourth-order valence-corrected chi connectivity index (χ4v) is 1.73. The maximum absolute atomic E-state index is 11.6. The Hall–Kier alpha value is -1.36. The van der Waals surface area contributed by atoms with E-state index in [2.05, 4.69) is 15.5 Å². The first kappa shape index (κ1) is 11.1. The lowest BCUT2D eigenvalue weighted by Gasteiger charge is -2.11. The summed E-state index contributed by atoms with van der Waals surface area (Å²) in [7, 11) is 0. The lowest BCUT2D eigenvalue weighted by molar-refractivity contribution is 0.0940. The Morgan fingerprint density at radius 2 is 2.31 bits per heavy atom. The van der Waals surface area contributed by atoms with Crippen LogP contribution in [0.4, 0.5) is 0 Å². The molecular weight excluding hydrogens is 230 g/mol. The highest BCUT2D eigenvalue weighted by Crippen LogP contribution is 2.45. The Morgan fingerprint density at radius 3 is 2.81 bits per heavy atom. The van der Waals surface area contributed by atoms with Gasteiger partial charge in [-0.3, -0.25) is 9.59 Å². The van der Waals surface area contributed by atoms with Crippen LogP contribution in [-0.4, -0.2) is 28.5 Å². The van der Waals surface area contributed by atoms with Crippen LogP contribution in [0.5, 0.6) is 0 Å². The van der Waals surface area contributed by atoms with Gasteiger partial charge >= 0.3 is 0 Å². The minimum absolute atomic E-state index is 0.0827. The smallest absolute Gasteiger partial charge is 0.271 e. The largest absolute Gasteiger partial charge is 0.350 e. The molecule has 0 aromatic carbocycles. The molecule has 86 valence electrons. The number of rotatable bonds is 4. The quantitative estimate of drug-likeness (QED) is 0.755. The van der Waals surface area contributed by atoms with Crippen molar-refractivity contribution in [3.05, 3.63) is 28.2 Å². The molecule has 1 aliphatic rings. The van der Waals surface area contributed by atoms with Crippen molar-refractivity contribution in [2.75, 3.05) is 12.4 Å². The van der Waals surface area contributed by atoms with Crippen molar-refractivity contribution in [2.24, 2.45) is 5.41 Å². The maximum Gasteiger partial charge on any atom is 0.271 e. The van der Waals surface area contributed by atoms with Gasteiger partial charge in [0.25, 0.3) is 11.5 Å². The lowest BCUT2D eigenvalue weighted by Crippen LogP contribution is -2.32. The first-order valence-electron chi connectivity index (χ1n) is 5.05. The molecule has 0 unspecified atom stereocenters. The summed E-state index contributed by atoms with van der Waals surface area (Å²) >= 11 is 5.79. The minimum Gasteiger partial charge on any atom is -0.350 e. The lowest BCUT2D eigenvalue weighted by atomic mass is 10.1. The zero-order valence-corrected chi connectivity index (χ0v) is 9.38. The number of halogens is 1. The number of nitrogens with one attached hydrogen (secondary N) is 2. The first-order valence-corrected chi connectivity index (χ1v) is 5.59. The summed E-state index contributed by atoms with van der Waals surface area (Å²) in [5.74, 6) is 0.277. The molecule has 2 rings (SSSR count). The molecule has 1 saturated carbocycles. The average Bonchev–Trinajstić information content (AvgIpc) is 3.08. The summed E-state index contributed by atoms with van der Waals surface area (Å²) in [6, 6.07) is 2.67. The molecule has 1 fully saturated rings. The van der Waals surface area contributed by atoms with E-state index in [1.807, 2.05) is 0 Å². The second-order valence-corrected chi connectivity index (χ2v) is 4.39. The van der Waals surface area contributed by atoms with Crippen molar-refractivity contribution < 1.29 is 4.79 Å². The molecule has 0 spiro atoms. The standard InChI is InChI=1S/C10H12ClN3O2/c11-5-10(3-4-10)6-12-9(16)7-1-2-8(15)14-13-7/h1-2H,3-6H2,(H,12,16)(H,14,15). The molecule has 0 bridgehead atoms. The molecule has 0 aliphatic heterocycles. The summed E-state index contributed by atoms with van der Waals surface area (Å²) in [5.41, 5.74) is -0.0275. The van der Waals surface area contributed by atoms with Gasteiger partial charge in [0.2, 0.25) is 0 Å². The van der Waals surface area contributed by atoms with Gasteiger partial charge in [0.05, 0.1) is 0 Å². The van der Waals surface area contributed by atoms with Crippen LogP contribution in [0.25, 0.3) is 0 Å². The zero-order chi connectivity index (χ0) is 11.6. The molecule has 0 radical (unpaired) electrons. The molecule has 1 heterocycles. The molecule has 6 heteroatoms. The topological polar surface area (TPSA) is 74.8 Å². The zero-order valence-electron chi connectivity index (χ0n) is 8.62. The van der Waals surface area contributed by atoms with E-state index >= 15 is 0 Å². The van der Waals surface area contributed by atoms with E-state index in [9.17, 15) is 9.59 Å². The second-order valence-electron chi connectivity index (χ2n) is 4.12. The van der Waals surface area contributed by atoms with Crippen molar-refractivity contribution in [3.8, 4) is 0 Å². The van der Waals surface area contributed by atoms with Gasteiger partial charge in [-0.15, -0.1) is 11.6 Å². The highest BCUT2D eigenvalue weighted by molar-refractivity contribution is 6.18. The summed E-state index contributed by atoms with van der Waals surface area (Å²) in [5, 5.41) is 8.62. The van der Waals surface area contributed by atoms with Gasteiger partial charge in [-0.2, -0.15) is 5.10 Å². The second kappa shape index (κ2) is 4.25. The van der Waals surface area contributed by atoms with Crippen LogP contribution >= 0.6 is 11.6 Å². The van der Waals surface area contributed by atoms with Gasteiger partial charge in [-0.1, -0.05) is 0 Å². The van der Waals surface area contributed by atoms with Crippen LogP contribution in [-0.2, 0) is 0 Å². The number of nitrogens with zero attached hydrogens (tertiary/aromatic N) is 1. The number of hydrogen-bond acceptors (Lipinski definition) is 3. The van der Waals surface area contributed by atoms with Crippen LogP contribution in [0, 0.1) is 5.41 Å². The van der Waals surface area contributed by atoms with Crippen molar-refractivity contribution in [1.29, 1.82) is 0 Å². The number of aromatic nitrogens is 2. The Bertz CT molecular complexity index is 433. The van der Waals surface area contributed by atoms with Crippen LogP contribution < -0.4 is 10.9 Å². The van der Waals surface area contributed by atoms with Gasteiger partial charge in [0.15, 0.2) is 0 Å². The Kier molecular flexibility index (Phi) is 2.96. The van der Waals surface area contributed by atoms with Gasteiger partial charge in [-0.05, 0) is 18.9 Å². The van der Waals surface area contributed by atoms with Crippen molar-refractivity contribution in [3.63, 3.8) is 0 Å². The van der Waals surface area contributed by atoms with Gasteiger partial charge in [-0.25, -0.2) is 5.10 Å². The third kappa shape index (κ3) is 2.41. The molecule has 1 aliphatic carbocycles. The van der Waals surface area contributed by atoms with E-state index in [-0.39, 0.29) is 22.6 Å². The van der Waals surface area contributed by atoms with E-state index in [4.69, 9.17) is 11.6 Å². The number of amides is 1. The van der Waals surface area contributed by atoms with Crippen LogP contribution in [0.2, 0.25) is 0 Å². The van der Waals surface area contributed by atoms with Crippen molar-refractivity contribution >= 4 is 17.5 Å². The molecule has 0 atom stereocenters. The van der Waals surface area contributed by atoms with Gasteiger partial charge in [0, 0.05) is 23.9 Å². The predicted molar refractivity (Wildman–Crippen MR) is 59.6 cm³/mol. The molecule has 16 heavy (non-hydrogen) atoms. The van der Waals surface area contributed by atoms with E-state index in [0.29, 0.717) is 12.4 Å². The number of H-pyrrole nitrogens is 1. The number of carbonyl (C=O) groups is 1. The van der Waals surface area contributed by atoms with E-state index < -0.39 is 0 Å². The Morgan fingerprint density at radius 1 is 1.56 bits per heavy atom. The molecule has 0 saturated heterocycles. The number of aromatic amines is 1. The van der Waals surface area contributed by atoms with Crippen LogP contribution in [0.1, 0.15) is 23.3 Å². The molecule has 1 aromatic rings. The summed E-state index contributed by atoms with van der Waals surface area (Å²) in [6.07, 6.45) is 2.10. The maximum atomic E-state index is 11.6. The van der Waals surface area contributed by atoms with Gasteiger partial charge in [0.1, 0.15) is 5.69 Å². The van der Waals surface area contributed by atoms with Crippen LogP contribution in [0.3, 0.4) is 0 Å². The molecular formula is C10H12ClN3O2. The highest BCUT2D eigenvalue weighted by Gasteiger charge is 2.41. The van der Waals surface area contributed by atoms with E-state index in [1.54, 1.807) is 0 Å². The van der Waals surface area contributed by atoms with E-state index in [1.165, 1.54) is 12.1 Å². The fourth-order valence-electron chi connectivity index (χ4n) is 1.36. The normalized spacial score (nSPS) is 16.8. The first-order chi connectivity index (χ1) is 7.65. The van der Waals surface area contributed by atoms with Crippen molar-refractivity contribution in [2.45, 2.75) is 12.8 Å². The van der Waals surface area contributed by atoms with Gasteiger partial charge < -0.3 is 5.32 Å². The third-order valence-electron chi connectivity index (χ3n) is 2.78. The molecule has 1 aromatic heterocycles. The molecule has 1 amide bonds. The number of alkyl halides is 1. The van der Waals surface area contributed by atoms with Crippen LogP contribution in [0.15, 0.2) is 16.9 Å².